The maximum atomic E-state index is 11.8. The summed E-state index contributed by atoms with van der Waals surface area (Å²) < 4.78 is 0. The first kappa shape index (κ1) is 13.9. The van der Waals surface area contributed by atoms with Gasteiger partial charge in [0.1, 0.15) is 0 Å². The molecule has 0 saturated carbocycles. The Bertz CT molecular complexity index is 453. The summed E-state index contributed by atoms with van der Waals surface area (Å²) >= 11 is 0. The first-order valence-corrected chi connectivity index (χ1v) is 7.04. The Hall–Kier alpha value is -1.55. The lowest BCUT2D eigenvalue weighted by atomic mass is 10.1. The van der Waals surface area contributed by atoms with Gasteiger partial charge in [0.15, 0.2) is 0 Å². The minimum atomic E-state index is -0.433. The zero-order valence-corrected chi connectivity index (χ0v) is 11.8. The van der Waals surface area contributed by atoms with Crippen LogP contribution in [-0.2, 0) is 4.79 Å². The van der Waals surface area contributed by atoms with E-state index in [1.54, 1.807) is 0 Å². The third-order valence-corrected chi connectivity index (χ3v) is 3.72. The standard InChI is InChI=1S/C15H23N3O/c1-3-13(16)15(19)17-14-7-6-12(10-11(14)2)18-8-4-5-9-18/h6-7,10,13H,3-5,8-9,16H2,1-2H3,(H,17,19)/t13-/m1/s1. The SMILES string of the molecule is CC[C@@H](N)C(=O)Nc1ccc(N2CCCC2)cc1C. The molecule has 1 atom stereocenters. The lowest BCUT2D eigenvalue weighted by molar-refractivity contribution is -0.117. The Balaban J connectivity index is 2.08. The molecule has 3 N–H and O–H groups in total. The summed E-state index contributed by atoms with van der Waals surface area (Å²) in [6.07, 6.45) is 3.18. The highest BCUT2D eigenvalue weighted by Gasteiger charge is 2.15. The van der Waals surface area contributed by atoms with Gasteiger partial charge in [0.2, 0.25) is 5.91 Å². The van der Waals surface area contributed by atoms with Crippen LogP contribution in [-0.4, -0.2) is 25.0 Å². The van der Waals surface area contributed by atoms with E-state index >= 15 is 0 Å². The normalized spacial score (nSPS) is 16.5. The van der Waals surface area contributed by atoms with Gasteiger partial charge < -0.3 is 16.0 Å². The van der Waals surface area contributed by atoms with Crippen molar-refractivity contribution < 1.29 is 4.79 Å². The molecule has 0 radical (unpaired) electrons. The van der Waals surface area contributed by atoms with Crippen molar-refractivity contribution in [2.75, 3.05) is 23.3 Å². The van der Waals surface area contributed by atoms with Gasteiger partial charge in [0.05, 0.1) is 6.04 Å². The smallest absolute Gasteiger partial charge is 0.241 e. The maximum Gasteiger partial charge on any atom is 0.241 e. The van der Waals surface area contributed by atoms with Gasteiger partial charge in [-0.2, -0.15) is 0 Å². The van der Waals surface area contributed by atoms with E-state index in [4.69, 9.17) is 5.73 Å². The lowest BCUT2D eigenvalue weighted by Crippen LogP contribution is -2.35. The molecular formula is C15H23N3O. The molecule has 1 aromatic carbocycles. The highest BCUT2D eigenvalue weighted by molar-refractivity contribution is 5.95. The van der Waals surface area contributed by atoms with Gasteiger partial charge in [-0.25, -0.2) is 0 Å². The van der Waals surface area contributed by atoms with Gasteiger partial charge in [-0.15, -0.1) is 0 Å². The molecular weight excluding hydrogens is 238 g/mol. The molecule has 1 saturated heterocycles. The van der Waals surface area contributed by atoms with E-state index in [0.717, 1.165) is 24.3 Å². The summed E-state index contributed by atoms with van der Waals surface area (Å²) in [4.78, 5) is 14.2. The highest BCUT2D eigenvalue weighted by atomic mass is 16.2. The van der Waals surface area contributed by atoms with Crippen LogP contribution in [0.3, 0.4) is 0 Å². The van der Waals surface area contributed by atoms with Crippen LogP contribution in [0.2, 0.25) is 0 Å². The molecule has 0 unspecified atom stereocenters. The number of anilines is 2. The predicted octanol–water partition coefficient (Wildman–Crippen LogP) is 2.27. The second-order valence-electron chi connectivity index (χ2n) is 5.20. The van der Waals surface area contributed by atoms with Crippen molar-refractivity contribution in [3.05, 3.63) is 23.8 Å². The maximum absolute atomic E-state index is 11.8. The van der Waals surface area contributed by atoms with E-state index in [0.29, 0.717) is 6.42 Å². The second kappa shape index (κ2) is 6.06. The van der Waals surface area contributed by atoms with Gasteiger partial charge in [0, 0.05) is 24.5 Å². The number of benzene rings is 1. The van der Waals surface area contributed by atoms with Crippen LogP contribution in [0.15, 0.2) is 18.2 Å². The number of nitrogens with one attached hydrogen (secondary N) is 1. The third-order valence-electron chi connectivity index (χ3n) is 3.72. The van der Waals surface area contributed by atoms with Crippen molar-refractivity contribution in [1.82, 2.24) is 0 Å². The van der Waals surface area contributed by atoms with Crippen LogP contribution in [0, 0.1) is 6.92 Å². The fourth-order valence-electron chi connectivity index (χ4n) is 2.37. The molecule has 0 spiro atoms. The predicted molar refractivity (Wildman–Crippen MR) is 79.5 cm³/mol. The van der Waals surface area contributed by atoms with E-state index in [2.05, 4.69) is 22.3 Å². The number of nitrogens with two attached hydrogens (primary N) is 1. The minimum absolute atomic E-state index is 0.112. The van der Waals surface area contributed by atoms with Gasteiger partial charge in [0.25, 0.3) is 0 Å². The minimum Gasteiger partial charge on any atom is -0.372 e. The molecule has 1 amide bonds. The Labute approximate surface area is 115 Å². The molecule has 1 heterocycles. The average Bonchev–Trinajstić information content (AvgIpc) is 2.94. The Morgan fingerprint density at radius 2 is 2.11 bits per heavy atom. The average molecular weight is 261 g/mol. The molecule has 0 aliphatic carbocycles. The molecule has 0 aromatic heterocycles. The fourth-order valence-corrected chi connectivity index (χ4v) is 2.37. The number of aryl methyl sites for hydroxylation is 1. The Morgan fingerprint density at radius 3 is 2.68 bits per heavy atom. The van der Waals surface area contributed by atoms with Crippen LogP contribution in [0.1, 0.15) is 31.7 Å². The molecule has 1 aliphatic rings. The van der Waals surface area contributed by atoms with Gasteiger partial charge in [-0.05, 0) is 49.9 Å². The quantitative estimate of drug-likeness (QED) is 0.874. The van der Waals surface area contributed by atoms with Crippen LogP contribution in [0.4, 0.5) is 11.4 Å². The van der Waals surface area contributed by atoms with Crippen molar-refractivity contribution in [2.24, 2.45) is 5.73 Å². The second-order valence-corrected chi connectivity index (χ2v) is 5.20. The van der Waals surface area contributed by atoms with Gasteiger partial charge in [-0.3, -0.25) is 4.79 Å². The first-order valence-electron chi connectivity index (χ1n) is 7.04. The van der Waals surface area contributed by atoms with E-state index < -0.39 is 6.04 Å². The molecule has 1 aliphatic heterocycles. The van der Waals surface area contributed by atoms with Crippen LogP contribution in [0.25, 0.3) is 0 Å². The summed E-state index contributed by atoms with van der Waals surface area (Å²) in [7, 11) is 0. The van der Waals surface area contributed by atoms with E-state index in [-0.39, 0.29) is 5.91 Å². The molecule has 1 fully saturated rings. The molecule has 104 valence electrons. The molecule has 1 aromatic rings. The number of amides is 1. The van der Waals surface area contributed by atoms with Crippen LogP contribution in [0.5, 0.6) is 0 Å². The summed E-state index contributed by atoms with van der Waals surface area (Å²) in [5, 5.41) is 2.90. The molecule has 4 nitrogen and oxygen atoms in total. The van der Waals surface area contributed by atoms with Gasteiger partial charge >= 0.3 is 0 Å². The van der Waals surface area contributed by atoms with Crippen molar-refractivity contribution >= 4 is 17.3 Å². The Kier molecular flexibility index (Phi) is 4.43. The molecule has 19 heavy (non-hydrogen) atoms. The number of rotatable bonds is 4. The first-order chi connectivity index (χ1) is 9.11. The fraction of sp³-hybridized carbons (Fsp3) is 0.533. The van der Waals surface area contributed by atoms with E-state index in [9.17, 15) is 4.79 Å². The zero-order chi connectivity index (χ0) is 13.8. The summed E-state index contributed by atoms with van der Waals surface area (Å²) in [6, 6.07) is 5.75. The molecule has 2 rings (SSSR count). The molecule has 0 bridgehead atoms. The van der Waals surface area contributed by atoms with E-state index in [1.807, 2.05) is 19.9 Å². The van der Waals surface area contributed by atoms with Gasteiger partial charge in [-0.1, -0.05) is 6.92 Å². The third kappa shape index (κ3) is 3.26. The summed E-state index contributed by atoms with van der Waals surface area (Å²) in [5.74, 6) is -0.112. The van der Waals surface area contributed by atoms with E-state index in [1.165, 1.54) is 18.5 Å². The summed E-state index contributed by atoms with van der Waals surface area (Å²) in [5.41, 5.74) is 8.91. The number of carbonyl (C=O) groups is 1. The van der Waals surface area contributed by atoms with Crippen LogP contribution >= 0.6 is 0 Å². The van der Waals surface area contributed by atoms with Crippen molar-refractivity contribution in [3.8, 4) is 0 Å². The highest BCUT2D eigenvalue weighted by Crippen LogP contribution is 2.25. The topological polar surface area (TPSA) is 58.4 Å². The van der Waals surface area contributed by atoms with Crippen LogP contribution < -0.4 is 16.0 Å². The van der Waals surface area contributed by atoms with Crippen molar-refractivity contribution in [3.63, 3.8) is 0 Å². The van der Waals surface area contributed by atoms with Crippen molar-refractivity contribution in [2.45, 2.75) is 39.2 Å². The largest absolute Gasteiger partial charge is 0.372 e. The molecule has 4 heteroatoms. The van der Waals surface area contributed by atoms with Crippen molar-refractivity contribution in [1.29, 1.82) is 0 Å². The lowest BCUT2D eigenvalue weighted by Gasteiger charge is -2.19. The monoisotopic (exact) mass is 261 g/mol. The number of hydrogen-bond acceptors (Lipinski definition) is 3. The number of nitrogens with zero attached hydrogens (tertiary/aromatic N) is 1. The summed E-state index contributed by atoms with van der Waals surface area (Å²) in [6.45, 7) is 6.19. The Morgan fingerprint density at radius 1 is 1.42 bits per heavy atom. The number of carbonyl (C=O) groups excluding carboxylic acids is 1. The number of hydrogen-bond donors (Lipinski definition) is 2. The zero-order valence-electron chi connectivity index (χ0n) is 11.8.